The molecule has 1 saturated heterocycles. The lowest BCUT2D eigenvalue weighted by Gasteiger charge is -2.31. The highest BCUT2D eigenvalue weighted by atomic mass is 35.5. The molecule has 2 atom stereocenters. The molecule has 0 spiro atoms. The first-order valence-electron chi connectivity index (χ1n) is 10.6. The average molecular weight is 491 g/mol. The van der Waals surface area contributed by atoms with Crippen LogP contribution in [0.4, 0.5) is 0 Å². The maximum absolute atomic E-state index is 12.9. The van der Waals surface area contributed by atoms with Crippen molar-refractivity contribution in [2.75, 3.05) is 19.7 Å². The van der Waals surface area contributed by atoms with E-state index in [0.717, 1.165) is 19.3 Å². The summed E-state index contributed by atoms with van der Waals surface area (Å²) in [6.07, 6.45) is 4.95. The van der Waals surface area contributed by atoms with E-state index >= 15 is 0 Å². The van der Waals surface area contributed by atoms with Crippen molar-refractivity contribution in [3.05, 3.63) is 28.2 Å². The molecular formula is C21H28Cl2N2O5S. The van der Waals surface area contributed by atoms with Gasteiger partial charge in [0.15, 0.2) is 6.61 Å². The molecule has 172 valence electrons. The van der Waals surface area contributed by atoms with Crippen LogP contribution in [0.3, 0.4) is 0 Å². The van der Waals surface area contributed by atoms with E-state index in [9.17, 15) is 18.0 Å². The third kappa shape index (κ3) is 6.12. The Morgan fingerprint density at radius 1 is 1.13 bits per heavy atom. The van der Waals surface area contributed by atoms with E-state index < -0.39 is 21.9 Å². The average Bonchev–Trinajstić information content (AvgIpc) is 2.75. The summed E-state index contributed by atoms with van der Waals surface area (Å²) in [5.41, 5.74) is 0. The number of halogens is 2. The molecule has 0 radical (unpaired) electrons. The van der Waals surface area contributed by atoms with E-state index in [-0.39, 0.29) is 46.6 Å². The van der Waals surface area contributed by atoms with Gasteiger partial charge in [-0.15, -0.1) is 0 Å². The van der Waals surface area contributed by atoms with Crippen LogP contribution in [0, 0.1) is 11.8 Å². The quantitative estimate of drug-likeness (QED) is 0.614. The van der Waals surface area contributed by atoms with E-state index in [2.05, 4.69) is 12.2 Å². The van der Waals surface area contributed by atoms with Gasteiger partial charge in [-0.2, -0.15) is 4.31 Å². The lowest BCUT2D eigenvalue weighted by molar-refractivity contribution is -0.154. The molecular weight excluding hydrogens is 463 g/mol. The Bertz CT molecular complexity index is 916. The highest BCUT2D eigenvalue weighted by Gasteiger charge is 2.34. The molecule has 2 unspecified atom stereocenters. The number of nitrogens with one attached hydrogen (secondary N) is 1. The molecule has 0 bridgehead atoms. The number of piperidine rings is 1. The number of carbonyl (C=O) groups excluding carboxylic acids is 2. The standard InChI is InChI=1S/C21H28Cl2N2O5S/c1-14-4-2-3-5-18(14)24-20(26)13-30-21(27)15-8-10-25(11-9-15)31(28,29)19-12-16(22)6-7-17(19)23/h6-7,12,14-15,18H,2-5,8-11,13H2,1H3,(H,24,26). The Hall–Kier alpha value is -1.35. The summed E-state index contributed by atoms with van der Waals surface area (Å²) in [7, 11) is -3.81. The van der Waals surface area contributed by atoms with Gasteiger partial charge in [0.1, 0.15) is 4.90 Å². The van der Waals surface area contributed by atoms with Crippen molar-refractivity contribution in [2.24, 2.45) is 11.8 Å². The second-order valence-electron chi connectivity index (χ2n) is 8.30. The highest BCUT2D eigenvalue weighted by molar-refractivity contribution is 7.89. The van der Waals surface area contributed by atoms with E-state index in [0.29, 0.717) is 18.8 Å². The number of hydrogen-bond donors (Lipinski definition) is 1. The van der Waals surface area contributed by atoms with Crippen molar-refractivity contribution in [2.45, 2.75) is 56.4 Å². The summed E-state index contributed by atoms with van der Waals surface area (Å²) in [5, 5.41) is 3.34. The molecule has 1 saturated carbocycles. The summed E-state index contributed by atoms with van der Waals surface area (Å²) in [5.74, 6) is -0.775. The third-order valence-electron chi connectivity index (χ3n) is 6.10. The Balaban J connectivity index is 1.48. The van der Waals surface area contributed by atoms with Crippen LogP contribution in [0.2, 0.25) is 10.0 Å². The van der Waals surface area contributed by atoms with Crippen LogP contribution < -0.4 is 5.32 Å². The maximum Gasteiger partial charge on any atom is 0.309 e. The predicted octanol–water partition coefficient (Wildman–Crippen LogP) is 3.63. The van der Waals surface area contributed by atoms with E-state index in [1.54, 1.807) is 0 Å². The monoisotopic (exact) mass is 490 g/mol. The molecule has 1 heterocycles. The van der Waals surface area contributed by atoms with Gasteiger partial charge in [-0.05, 0) is 49.8 Å². The third-order valence-corrected chi connectivity index (χ3v) is 8.72. The minimum absolute atomic E-state index is 0.0451. The fourth-order valence-electron chi connectivity index (χ4n) is 4.18. The molecule has 2 fully saturated rings. The minimum atomic E-state index is -3.81. The number of ether oxygens (including phenoxy) is 1. The second kappa shape index (κ2) is 10.5. The van der Waals surface area contributed by atoms with Crippen molar-refractivity contribution in [3.63, 3.8) is 0 Å². The first kappa shape index (κ1) is 24.3. The summed E-state index contributed by atoms with van der Waals surface area (Å²) < 4.78 is 32.3. The second-order valence-corrected chi connectivity index (χ2v) is 11.0. The molecule has 10 heteroatoms. The van der Waals surface area contributed by atoms with Crippen molar-refractivity contribution in [1.29, 1.82) is 0 Å². The molecule has 1 aromatic rings. The topological polar surface area (TPSA) is 92.8 Å². The fourth-order valence-corrected chi connectivity index (χ4v) is 6.39. The smallest absolute Gasteiger partial charge is 0.309 e. The number of benzene rings is 1. The number of hydrogen-bond acceptors (Lipinski definition) is 5. The lowest BCUT2D eigenvalue weighted by Crippen LogP contribution is -2.44. The molecule has 31 heavy (non-hydrogen) atoms. The van der Waals surface area contributed by atoms with E-state index in [1.165, 1.54) is 28.9 Å². The molecule has 7 nitrogen and oxygen atoms in total. The first-order chi connectivity index (χ1) is 14.7. The van der Waals surface area contributed by atoms with Gasteiger partial charge in [0.25, 0.3) is 5.91 Å². The van der Waals surface area contributed by atoms with Crippen LogP contribution in [0.15, 0.2) is 23.1 Å². The molecule has 1 aromatic carbocycles. The van der Waals surface area contributed by atoms with Gasteiger partial charge in [0.05, 0.1) is 10.9 Å². The lowest BCUT2D eigenvalue weighted by atomic mass is 9.86. The minimum Gasteiger partial charge on any atom is -0.455 e. The number of rotatable bonds is 6. The molecule has 3 rings (SSSR count). The summed E-state index contributed by atoms with van der Waals surface area (Å²) in [6, 6.07) is 4.42. The number of carbonyl (C=O) groups is 2. The van der Waals surface area contributed by atoms with Gasteiger partial charge < -0.3 is 10.1 Å². The summed E-state index contributed by atoms with van der Waals surface area (Å²) in [6.45, 7) is 2.14. The van der Waals surface area contributed by atoms with Crippen molar-refractivity contribution in [3.8, 4) is 0 Å². The SMILES string of the molecule is CC1CCCCC1NC(=O)COC(=O)C1CCN(S(=O)(=O)c2cc(Cl)ccc2Cl)CC1. The number of esters is 1. The van der Waals surface area contributed by atoms with E-state index in [1.807, 2.05) is 0 Å². The Labute approximate surface area is 193 Å². The van der Waals surface area contributed by atoms with Gasteiger partial charge in [-0.25, -0.2) is 8.42 Å². The zero-order valence-corrected chi connectivity index (χ0v) is 19.8. The number of nitrogens with zero attached hydrogens (tertiary/aromatic N) is 1. The fraction of sp³-hybridized carbons (Fsp3) is 0.619. The van der Waals surface area contributed by atoms with Crippen LogP contribution in [0.1, 0.15) is 45.4 Å². The van der Waals surface area contributed by atoms with Crippen LogP contribution in [0.25, 0.3) is 0 Å². The summed E-state index contributed by atoms with van der Waals surface area (Å²) >= 11 is 12.0. The van der Waals surface area contributed by atoms with Gasteiger partial charge >= 0.3 is 5.97 Å². The largest absolute Gasteiger partial charge is 0.455 e. The normalized spacial score (nSPS) is 23.3. The van der Waals surface area contributed by atoms with Gasteiger partial charge in [-0.1, -0.05) is 43.0 Å². The predicted molar refractivity (Wildman–Crippen MR) is 118 cm³/mol. The molecule has 0 aromatic heterocycles. The number of amides is 1. The molecule has 1 aliphatic heterocycles. The molecule has 1 N–H and O–H groups in total. The Morgan fingerprint density at radius 3 is 2.48 bits per heavy atom. The van der Waals surface area contributed by atoms with Crippen LogP contribution in [0.5, 0.6) is 0 Å². The Morgan fingerprint density at radius 2 is 1.81 bits per heavy atom. The van der Waals surface area contributed by atoms with Crippen LogP contribution in [-0.4, -0.2) is 50.3 Å². The molecule has 2 aliphatic rings. The van der Waals surface area contributed by atoms with Crippen LogP contribution >= 0.6 is 23.2 Å². The highest BCUT2D eigenvalue weighted by Crippen LogP contribution is 2.30. The zero-order valence-electron chi connectivity index (χ0n) is 17.5. The maximum atomic E-state index is 12.9. The molecule has 1 aliphatic carbocycles. The van der Waals surface area contributed by atoms with Gasteiger partial charge in [-0.3, -0.25) is 9.59 Å². The number of sulfonamides is 1. The first-order valence-corrected chi connectivity index (χ1v) is 12.8. The van der Waals surface area contributed by atoms with Crippen molar-refractivity contribution < 1.29 is 22.7 Å². The van der Waals surface area contributed by atoms with Gasteiger partial charge in [0.2, 0.25) is 10.0 Å². The van der Waals surface area contributed by atoms with Gasteiger partial charge in [0, 0.05) is 24.2 Å². The van der Waals surface area contributed by atoms with Crippen molar-refractivity contribution >= 4 is 45.1 Å². The van der Waals surface area contributed by atoms with E-state index in [4.69, 9.17) is 27.9 Å². The zero-order chi connectivity index (χ0) is 22.6. The summed E-state index contributed by atoms with van der Waals surface area (Å²) in [4.78, 5) is 24.5. The van der Waals surface area contributed by atoms with Crippen molar-refractivity contribution in [1.82, 2.24) is 9.62 Å². The Kier molecular flexibility index (Phi) is 8.24. The molecule has 1 amide bonds. The van der Waals surface area contributed by atoms with Crippen LogP contribution in [-0.2, 0) is 24.3 Å².